The third-order valence-corrected chi connectivity index (χ3v) is 6.42. The lowest BCUT2D eigenvalue weighted by Gasteiger charge is -2.42. The van der Waals surface area contributed by atoms with Crippen molar-refractivity contribution in [1.29, 1.82) is 0 Å². The Morgan fingerprint density at radius 1 is 1.00 bits per heavy atom. The van der Waals surface area contributed by atoms with Gasteiger partial charge in [-0.1, -0.05) is 18.2 Å². The summed E-state index contributed by atoms with van der Waals surface area (Å²) in [6, 6.07) is 8.12. The molecular formula is C22H30N4O3. The largest absolute Gasteiger partial charge is 0.341 e. The Morgan fingerprint density at radius 2 is 1.76 bits per heavy atom. The summed E-state index contributed by atoms with van der Waals surface area (Å²) in [5, 5.41) is 0. The van der Waals surface area contributed by atoms with Crippen molar-refractivity contribution in [3.63, 3.8) is 0 Å². The standard InChI is InChI=1S/C22H30N4O3/c1-23-13-14-25(22(29)15-23)18-9-11-24(12-10-18)21(28)16-26-19-7-3-2-5-17(19)6-4-8-20(26)27/h2-3,5,7,18H,4,6,8-16H2,1H3. The van der Waals surface area contributed by atoms with Crippen LogP contribution in [0.2, 0.25) is 0 Å². The Hall–Kier alpha value is -2.41. The third kappa shape index (κ3) is 4.29. The second-order valence-corrected chi connectivity index (χ2v) is 8.40. The second kappa shape index (κ2) is 8.53. The topological polar surface area (TPSA) is 64.2 Å². The van der Waals surface area contributed by atoms with Crippen LogP contribution in [0.15, 0.2) is 24.3 Å². The zero-order chi connectivity index (χ0) is 20.4. The quantitative estimate of drug-likeness (QED) is 0.766. The first-order valence-corrected chi connectivity index (χ1v) is 10.7. The number of piperidine rings is 1. The number of piperazine rings is 1. The molecule has 156 valence electrons. The van der Waals surface area contributed by atoms with Crippen molar-refractivity contribution in [1.82, 2.24) is 14.7 Å². The molecule has 7 nitrogen and oxygen atoms in total. The van der Waals surface area contributed by atoms with E-state index in [-0.39, 0.29) is 30.3 Å². The van der Waals surface area contributed by atoms with Gasteiger partial charge >= 0.3 is 0 Å². The van der Waals surface area contributed by atoms with Crippen molar-refractivity contribution in [3.8, 4) is 0 Å². The zero-order valence-electron chi connectivity index (χ0n) is 17.2. The van der Waals surface area contributed by atoms with Crippen molar-refractivity contribution in [3.05, 3.63) is 29.8 Å². The number of likely N-dealkylation sites (N-methyl/N-ethyl adjacent to an activating group) is 1. The fourth-order valence-corrected chi connectivity index (χ4v) is 4.71. The SMILES string of the molecule is CN1CCN(C2CCN(C(=O)CN3C(=O)CCCc4ccccc43)CC2)C(=O)C1. The van der Waals surface area contributed by atoms with Crippen LogP contribution in [-0.4, -0.2) is 84.8 Å². The van der Waals surface area contributed by atoms with Crippen molar-refractivity contribution in [2.75, 3.05) is 51.2 Å². The van der Waals surface area contributed by atoms with E-state index in [1.165, 1.54) is 0 Å². The molecule has 3 aliphatic heterocycles. The van der Waals surface area contributed by atoms with E-state index in [4.69, 9.17) is 0 Å². The number of aryl methyl sites for hydroxylation is 1. The van der Waals surface area contributed by atoms with Crippen molar-refractivity contribution in [2.24, 2.45) is 0 Å². The Kier molecular flexibility index (Phi) is 5.85. The van der Waals surface area contributed by atoms with Crippen LogP contribution in [0.4, 0.5) is 5.69 Å². The number of hydrogen-bond acceptors (Lipinski definition) is 4. The van der Waals surface area contributed by atoms with E-state index in [2.05, 4.69) is 0 Å². The lowest BCUT2D eigenvalue weighted by molar-refractivity contribution is -0.140. The molecule has 0 bridgehead atoms. The number of benzene rings is 1. The summed E-state index contributed by atoms with van der Waals surface area (Å²) in [6.07, 6.45) is 3.80. The van der Waals surface area contributed by atoms with Gasteiger partial charge in [0.15, 0.2) is 0 Å². The molecule has 1 aromatic carbocycles. The van der Waals surface area contributed by atoms with Crippen LogP contribution in [-0.2, 0) is 20.8 Å². The van der Waals surface area contributed by atoms with E-state index in [1.54, 1.807) is 4.90 Å². The Labute approximate surface area is 172 Å². The average Bonchev–Trinajstić information content (AvgIpc) is 2.87. The van der Waals surface area contributed by atoms with Gasteiger partial charge < -0.3 is 14.7 Å². The maximum Gasteiger partial charge on any atom is 0.242 e. The summed E-state index contributed by atoms with van der Waals surface area (Å²) in [5.74, 6) is 0.217. The molecule has 1 aromatic rings. The highest BCUT2D eigenvalue weighted by molar-refractivity contribution is 5.99. The molecule has 0 unspecified atom stereocenters. The minimum absolute atomic E-state index is 0.00166. The van der Waals surface area contributed by atoms with Gasteiger partial charge in [-0.2, -0.15) is 0 Å². The van der Waals surface area contributed by atoms with E-state index in [1.807, 2.05) is 46.0 Å². The summed E-state index contributed by atoms with van der Waals surface area (Å²) in [6.45, 7) is 3.55. The smallest absolute Gasteiger partial charge is 0.242 e. The molecule has 2 fully saturated rings. The highest BCUT2D eigenvalue weighted by Gasteiger charge is 2.33. The molecule has 0 aliphatic carbocycles. The second-order valence-electron chi connectivity index (χ2n) is 8.40. The Balaban J connectivity index is 1.37. The minimum atomic E-state index is -0.00166. The molecular weight excluding hydrogens is 368 g/mol. The lowest BCUT2D eigenvalue weighted by Crippen LogP contribution is -2.56. The summed E-state index contributed by atoms with van der Waals surface area (Å²) in [7, 11) is 1.97. The average molecular weight is 399 g/mol. The van der Waals surface area contributed by atoms with Crippen molar-refractivity contribution >= 4 is 23.4 Å². The van der Waals surface area contributed by atoms with Crippen molar-refractivity contribution in [2.45, 2.75) is 38.1 Å². The van der Waals surface area contributed by atoms with E-state index >= 15 is 0 Å². The van der Waals surface area contributed by atoms with Gasteiger partial charge in [0.25, 0.3) is 0 Å². The molecule has 3 aliphatic rings. The van der Waals surface area contributed by atoms with Crippen LogP contribution in [0.1, 0.15) is 31.2 Å². The van der Waals surface area contributed by atoms with Gasteiger partial charge in [0.1, 0.15) is 6.54 Å². The minimum Gasteiger partial charge on any atom is -0.341 e. The third-order valence-electron chi connectivity index (χ3n) is 6.42. The molecule has 3 heterocycles. The number of likely N-dealkylation sites (tertiary alicyclic amines) is 1. The van der Waals surface area contributed by atoms with E-state index < -0.39 is 0 Å². The van der Waals surface area contributed by atoms with Gasteiger partial charge in [-0.25, -0.2) is 0 Å². The van der Waals surface area contributed by atoms with Crippen LogP contribution in [0.3, 0.4) is 0 Å². The van der Waals surface area contributed by atoms with Gasteiger partial charge in [-0.15, -0.1) is 0 Å². The van der Waals surface area contributed by atoms with E-state index in [0.717, 1.165) is 50.0 Å². The van der Waals surface area contributed by atoms with Crippen molar-refractivity contribution < 1.29 is 14.4 Å². The summed E-state index contributed by atoms with van der Waals surface area (Å²) >= 11 is 0. The normalized spacial score (nSPS) is 21.9. The molecule has 0 N–H and O–H groups in total. The van der Waals surface area contributed by atoms with Crippen LogP contribution < -0.4 is 4.90 Å². The zero-order valence-corrected chi connectivity index (χ0v) is 17.2. The monoisotopic (exact) mass is 398 g/mol. The van der Waals surface area contributed by atoms with E-state index in [0.29, 0.717) is 26.1 Å². The van der Waals surface area contributed by atoms with Gasteiger partial charge in [-0.3, -0.25) is 19.3 Å². The highest BCUT2D eigenvalue weighted by Crippen LogP contribution is 2.27. The molecule has 2 saturated heterocycles. The number of carbonyl (C=O) groups is 3. The Morgan fingerprint density at radius 3 is 2.52 bits per heavy atom. The van der Waals surface area contributed by atoms with Gasteiger partial charge in [0, 0.05) is 44.3 Å². The molecule has 0 saturated carbocycles. The molecule has 0 aromatic heterocycles. The van der Waals surface area contributed by atoms with Crippen LogP contribution in [0, 0.1) is 0 Å². The molecule has 0 atom stereocenters. The number of rotatable bonds is 3. The van der Waals surface area contributed by atoms with E-state index in [9.17, 15) is 14.4 Å². The lowest BCUT2D eigenvalue weighted by atomic mass is 10.0. The molecule has 7 heteroatoms. The number of carbonyl (C=O) groups excluding carboxylic acids is 3. The van der Waals surface area contributed by atoms with Gasteiger partial charge in [0.2, 0.25) is 17.7 Å². The fourth-order valence-electron chi connectivity index (χ4n) is 4.71. The summed E-state index contributed by atoms with van der Waals surface area (Å²) < 4.78 is 0. The molecule has 3 amide bonds. The van der Waals surface area contributed by atoms with Crippen LogP contribution >= 0.6 is 0 Å². The molecule has 0 spiro atoms. The van der Waals surface area contributed by atoms with Gasteiger partial charge in [-0.05, 0) is 44.4 Å². The van der Waals surface area contributed by atoms with Crippen LogP contribution in [0.5, 0.6) is 0 Å². The summed E-state index contributed by atoms with van der Waals surface area (Å²) in [5.41, 5.74) is 2.01. The molecule has 29 heavy (non-hydrogen) atoms. The first-order valence-electron chi connectivity index (χ1n) is 10.7. The first kappa shape index (κ1) is 19.9. The number of fused-ring (bicyclic) bond motifs is 1. The molecule has 4 rings (SSSR count). The van der Waals surface area contributed by atoms with Crippen LogP contribution in [0.25, 0.3) is 0 Å². The number of para-hydroxylation sites is 1. The predicted molar refractivity (Wildman–Crippen MR) is 111 cm³/mol. The fraction of sp³-hybridized carbons (Fsp3) is 0.591. The first-order chi connectivity index (χ1) is 14.0. The van der Waals surface area contributed by atoms with Gasteiger partial charge in [0.05, 0.1) is 6.54 Å². The predicted octanol–water partition coefficient (Wildman–Crippen LogP) is 1.12. The summed E-state index contributed by atoms with van der Waals surface area (Å²) in [4.78, 5) is 45.5. The number of amides is 3. The maximum atomic E-state index is 13.0. The maximum absolute atomic E-state index is 13.0. The highest BCUT2D eigenvalue weighted by atomic mass is 16.2. The Bertz CT molecular complexity index is 788. The number of anilines is 1. The number of nitrogens with zero attached hydrogens (tertiary/aromatic N) is 4. The number of hydrogen-bond donors (Lipinski definition) is 0. The molecule has 0 radical (unpaired) electrons.